The maximum atomic E-state index is 13.1. The molecule has 1 aromatic heterocycles. The van der Waals surface area contributed by atoms with Crippen LogP contribution in [-0.2, 0) is 4.74 Å². The van der Waals surface area contributed by atoms with Gasteiger partial charge in [-0.25, -0.2) is 9.69 Å². The first-order chi connectivity index (χ1) is 15.5. The van der Waals surface area contributed by atoms with E-state index in [1.165, 1.54) is 18.4 Å². The van der Waals surface area contributed by atoms with Crippen LogP contribution in [0.3, 0.4) is 0 Å². The number of ether oxygens (including phenoxy) is 1. The molecule has 6 nitrogen and oxygen atoms in total. The van der Waals surface area contributed by atoms with Crippen molar-refractivity contribution in [2.24, 2.45) is 0 Å². The summed E-state index contributed by atoms with van der Waals surface area (Å²) >= 11 is 12.6. The van der Waals surface area contributed by atoms with Crippen LogP contribution in [0.15, 0.2) is 42.5 Å². The SMILES string of the molecule is Cc1c(C(=O)NN2CCOCC2)nn(-c2ccc(Cl)cc2Cl)c1-c1ccc(C2CC2)cc1. The molecule has 2 aromatic carbocycles. The van der Waals surface area contributed by atoms with Crippen molar-refractivity contribution >= 4 is 29.1 Å². The van der Waals surface area contributed by atoms with E-state index in [1.54, 1.807) is 16.8 Å². The molecule has 2 fully saturated rings. The Morgan fingerprint density at radius 3 is 2.47 bits per heavy atom. The second kappa shape index (κ2) is 8.87. The molecule has 1 aliphatic heterocycles. The van der Waals surface area contributed by atoms with Gasteiger partial charge in [0.05, 0.1) is 29.6 Å². The standard InChI is InChI=1S/C24H24Cl2N4O2/c1-15-22(24(31)28-29-10-12-32-13-11-29)27-30(21-9-8-19(25)14-20(21)26)23(15)18-6-4-17(5-7-18)16-2-3-16/h4-9,14,16H,2-3,10-13H2,1H3,(H,28,31). The van der Waals surface area contributed by atoms with Crippen LogP contribution in [0, 0.1) is 6.92 Å². The van der Waals surface area contributed by atoms with Gasteiger partial charge in [0.2, 0.25) is 0 Å². The highest BCUT2D eigenvalue weighted by Gasteiger charge is 2.26. The van der Waals surface area contributed by atoms with Crippen LogP contribution in [0.1, 0.15) is 40.4 Å². The van der Waals surface area contributed by atoms with Crippen LogP contribution < -0.4 is 5.43 Å². The number of carbonyl (C=O) groups excluding carboxylic acids is 1. The van der Waals surface area contributed by atoms with Gasteiger partial charge in [-0.05, 0) is 49.4 Å². The number of halogens is 2. The fourth-order valence-electron chi connectivity index (χ4n) is 4.08. The molecule has 1 saturated heterocycles. The quantitative estimate of drug-likeness (QED) is 0.569. The highest BCUT2D eigenvalue weighted by atomic mass is 35.5. The number of hydrogen-bond donors (Lipinski definition) is 1. The lowest BCUT2D eigenvalue weighted by atomic mass is 10.0. The zero-order chi connectivity index (χ0) is 22.2. The van der Waals surface area contributed by atoms with Crippen LogP contribution in [0.2, 0.25) is 10.0 Å². The van der Waals surface area contributed by atoms with Crippen LogP contribution >= 0.6 is 23.2 Å². The summed E-state index contributed by atoms with van der Waals surface area (Å²) in [6.07, 6.45) is 2.51. The van der Waals surface area contributed by atoms with Crippen LogP contribution in [0.4, 0.5) is 0 Å². The number of benzene rings is 2. The molecule has 1 amide bonds. The molecule has 0 bridgehead atoms. The van der Waals surface area contributed by atoms with E-state index in [9.17, 15) is 4.79 Å². The molecule has 166 valence electrons. The minimum atomic E-state index is -0.246. The largest absolute Gasteiger partial charge is 0.379 e. The highest BCUT2D eigenvalue weighted by molar-refractivity contribution is 6.35. The number of amides is 1. The molecule has 0 radical (unpaired) electrons. The van der Waals surface area contributed by atoms with Crippen molar-refractivity contribution in [2.75, 3.05) is 26.3 Å². The molecule has 0 atom stereocenters. The molecule has 3 aromatic rings. The average molecular weight is 471 g/mol. The minimum absolute atomic E-state index is 0.246. The highest BCUT2D eigenvalue weighted by Crippen LogP contribution is 2.41. The first kappa shape index (κ1) is 21.5. The number of morpholine rings is 1. The smallest absolute Gasteiger partial charge is 0.286 e. The number of hydrazine groups is 1. The summed E-state index contributed by atoms with van der Waals surface area (Å²) in [6, 6.07) is 13.8. The zero-order valence-corrected chi connectivity index (χ0v) is 19.3. The van der Waals surface area contributed by atoms with Gasteiger partial charge < -0.3 is 4.74 Å². The van der Waals surface area contributed by atoms with Gasteiger partial charge in [-0.2, -0.15) is 5.10 Å². The van der Waals surface area contributed by atoms with Gasteiger partial charge >= 0.3 is 0 Å². The third kappa shape index (κ3) is 4.28. The number of nitrogens with one attached hydrogen (secondary N) is 1. The number of rotatable bonds is 5. The number of aromatic nitrogens is 2. The Bertz CT molecular complexity index is 1150. The Hall–Kier alpha value is -2.38. The first-order valence-corrected chi connectivity index (χ1v) is 11.6. The van der Waals surface area contributed by atoms with E-state index in [0.717, 1.165) is 16.8 Å². The third-order valence-electron chi connectivity index (χ3n) is 5.98. The summed E-state index contributed by atoms with van der Waals surface area (Å²) in [6.45, 7) is 4.39. The van der Waals surface area contributed by atoms with Gasteiger partial charge in [-0.1, -0.05) is 47.5 Å². The monoisotopic (exact) mass is 470 g/mol. The molecule has 8 heteroatoms. The van der Waals surface area contributed by atoms with Gasteiger partial charge in [0.25, 0.3) is 5.91 Å². The lowest BCUT2D eigenvalue weighted by Gasteiger charge is -2.26. The van der Waals surface area contributed by atoms with E-state index in [1.807, 2.05) is 18.0 Å². The lowest BCUT2D eigenvalue weighted by molar-refractivity contribution is 0.0124. The Labute approximate surface area is 197 Å². The third-order valence-corrected chi connectivity index (χ3v) is 6.52. The predicted octanol–water partition coefficient (Wildman–Crippen LogP) is 5.01. The van der Waals surface area contributed by atoms with E-state index < -0.39 is 0 Å². The van der Waals surface area contributed by atoms with Crippen molar-refractivity contribution in [3.8, 4) is 16.9 Å². The lowest BCUT2D eigenvalue weighted by Crippen LogP contribution is -2.48. The summed E-state index contributed by atoms with van der Waals surface area (Å²) in [4.78, 5) is 13.1. The van der Waals surface area contributed by atoms with Gasteiger partial charge in [-0.15, -0.1) is 0 Å². The first-order valence-electron chi connectivity index (χ1n) is 10.8. The van der Waals surface area contributed by atoms with Gasteiger partial charge in [0.15, 0.2) is 5.69 Å². The number of carbonyl (C=O) groups is 1. The van der Waals surface area contributed by atoms with E-state index in [2.05, 4.69) is 29.7 Å². The van der Waals surface area contributed by atoms with Gasteiger partial charge in [-0.3, -0.25) is 10.2 Å². The Morgan fingerprint density at radius 1 is 1.09 bits per heavy atom. The molecule has 0 unspecified atom stereocenters. The Kier molecular flexibility index (Phi) is 5.95. The molecule has 1 N–H and O–H groups in total. The van der Waals surface area contributed by atoms with Crippen molar-refractivity contribution in [1.82, 2.24) is 20.2 Å². The van der Waals surface area contributed by atoms with Crippen molar-refractivity contribution in [3.05, 3.63) is 69.3 Å². The minimum Gasteiger partial charge on any atom is -0.379 e. The van der Waals surface area contributed by atoms with Crippen LogP contribution in [-0.4, -0.2) is 47.0 Å². The summed E-state index contributed by atoms with van der Waals surface area (Å²) in [5.41, 5.74) is 7.96. The summed E-state index contributed by atoms with van der Waals surface area (Å²) in [5.74, 6) is 0.430. The zero-order valence-electron chi connectivity index (χ0n) is 17.8. The average Bonchev–Trinajstić information content (AvgIpc) is 3.58. The van der Waals surface area contributed by atoms with Crippen molar-refractivity contribution in [1.29, 1.82) is 0 Å². The molecular weight excluding hydrogens is 447 g/mol. The van der Waals surface area contributed by atoms with Gasteiger partial charge in [0.1, 0.15) is 0 Å². The number of nitrogens with zero attached hydrogens (tertiary/aromatic N) is 3. The Morgan fingerprint density at radius 2 is 1.81 bits per heavy atom. The van der Waals surface area contributed by atoms with E-state index >= 15 is 0 Å². The van der Waals surface area contributed by atoms with Gasteiger partial charge in [0, 0.05) is 29.2 Å². The second-order valence-corrected chi connectivity index (χ2v) is 9.11. The van der Waals surface area contributed by atoms with Crippen LogP contribution in [0.25, 0.3) is 16.9 Å². The fraction of sp³-hybridized carbons (Fsp3) is 0.333. The molecular formula is C24H24Cl2N4O2. The molecule has 0 spiro atoms. The van der Waals surface area contributed by atoms with E-state index in [4.69, 9.17) is 33.0 Å². The summed E-state index contributed by atoms with van der Waals surface area (Å²) in [5, 5.41) is 7.58. The van der Waals surface area contributed by atoms with Crippen LogP contribution in [0.5, 0.6) is 0 Å². The second-order valence-electron chi connectivity index (χ2n) is 8.27. The summed E-state index contributed by atoms with van der Waals surface area (Å²) in [7, 11) is 0. The summed E-state index contributed by atoms with van der Waals surface area (Å²) < 4.78 is 7.11. The predicted molar refractivity (Wildman–Crippen MR) is 126 cm³/mol. The van der Waals surface area contributed by atoms with Crippen molar-refractivity contribution in [2.45, 2.75) is 25.7 Å². The fourth-order valence-corrected chi connectivity index (χ4v) is 4.57. The molecule has 1 aliphatic carbocycles. The maximum absolute atomic E-state index is 13.1. The van der Waals surface area contributed by atoms with Crippen molar-refractivity contribution < 1.29 is 9.53 Å². The van der Waals surface area contributed by atoms with E-state index in [0.29, 0.717) is 53.6 Å². The normalized spacial score (nSPS) is 16.8. The van der Waals surface area contributed by atoms with E-state index in [-0.39, 0.29) is 5.91 Å². The molecule has 32 heavy (non-hydrogen) atoms. The topological polar surface area (TPSA) is 59.4 Å². The molecule has 1 saturated carbocycles. The maximum Gasteiger partial charge on any atom is 0.286 e. The molecule has 2 aliphatic rings. The number of hydrogen-bond acceptors (Lipinski definition) is 4. The molecule has 5 rings (SSSR count). The Balaban J connectivity index is 1.57. The van der Waals surface area contributed by atoms with Crippen molar-refractivity contribution in [3.63, 3.8) is 0 Å². The molecule has 2 heterocycles.